The molecule has 0 bridgehead atoms. The van der Waals surface area contributed by atoms with Crippen molar-refractivity contribution in [2.24, 2.45) is 0 Å². The van der Waals surface area contributed by atoms with Gasteiger partial charge in [0, 0.05) is 0 Å². The molecule has 1 aromatic carbocycles. The summed E-state index contributed by atoms with van der Waals surface area (Å²) in [6, 6.07) is 5.64. The van der Waals surface area contributed by atoms with Gasteiger partial charge in [0.1, 0.15) is 24.4 Å². The van der Waals surface area contributed by atoms with Crippen molar-refractivity contribution in [1.82, 2.24) is 5.32 Å². The molecule has 2 heterocycles. The Morgan fingerprint density at radius 1 is 1.43 bits per heavy atom. The first-order valence-electron chi connectivity index (χ1n) is 6.51. The van der Waals surface area contributed by atoms with E-state index in [1.807, 2.05) is 0 Å². The Bertz CT molecular complexity index is 557. The number of urea groups is 1. The molecular weight excluding hydrogens is 300 g/mol. The van der Waals surface area contributed by atoms with E-state index in [2.05, 4.69) is 5.32 Å². The van der Waals surface area contributed by atoms with Crippen LogP contribution in [0.2, 0.25) is 5.02 Å². The van der Waals surface area contributed by atoms with Gasteiger partial charge in [-0.3, -0.25) is 4.90 Å². The van der Waals surface area contributed by atoms with Gasteiger partial charge in [-0.05, 0) is 12.1 Å². The zero-order chi connectivity index (χ0) is 15.1. The van der Waals surface area contributed by atoms with Crippen molar-refractivity contribution in [2.75, 3.05) is 11.5 Å². The second-order valence-corrected chi connectivity index (χ2v) is 5.44. The summed E-state index contributed by atoms with van der Waals surface area (Å²) in [5.41, 5.74) is 0.454. The van der Waals surface area contributed by atoms with Crippen molar-refractivity contribution < 1.29 is 24.9 Å². The lowest BCUT2D eigenvalue weighted by atomic mass is 10.0. The minimum absolute atomic E-state index is 0.373. The number of hydrogen-bond donors (Lipinski definition) is 4. The van der Waals surface area contributed by atoms with E-state index in [1.165, 1.54) is 4.90 Å². The summed E-state index contributed by atoms with van der Waals surface area (Å²) in [6.07, 6.45) is -4.11. The molecule has 0 spiro atoms. The molecule has 8 heteroatoms. The van der Waals surface area contributed by atoms with E-state index in [4.69, 9.17) is 21.4 Å². The monoisotopic (exact) mass is 314 g/mol. The van der Waals surface area contributed by atoms with Gasteiger partial charge in [0.2, 0.25) is 0 Å². The molecular formula is C13H15ClN2O5. The van der Waals surface area contributed by atoms with Gasteiger partial charge in [-0.15, -0.1) is 0 Å². The van der Waals surface area contributed by atoms with Gasteiger partial charge in [-0.25, -0.2) is 4.79 Å². The molecule has 0 aromatic heterocycles. The number of para-hydroxylation sites is 1. The van der Waals surface area contributed by atoms with Crippen molar-refractivity contribution in [3.8, 4) is 0 Å². The summed E-state index contributed by atoms with van der Waals surface area (Å²) in [7, 11) is 0. The van der Waals surface area contributed by atoms with Gasteiger partial charge in [0.15, 0.2) is 6.23 Å². The molecule has 7 nitrogen and oxygen atoms in total. The van der Waals surface area contributed by atoms with Crippen molar-refractivity contribution in [1.29, 1.82) is 0 Å². The fourth-order valence-corrected chi connectivity index (χ4v) is 2.95. The number of nitrogens with zero attached hydrogens (tertiary/aromatic N) is 1. The van der Waals surface area contributed by atoms with Crippen LogP contribution in [-0.2, 0) is 4.74 Å². The lowest BCUT2D eigenvalue weighted by Crippen LogP contribution is -2.45. The highest BCUT2D eigenvalue weighted by Gasteiger charge is 2.55. The molecule has 21 heavy (non-hydrogen) atoms. The number of ether oxygens (including phenoxy) is 1. The third-order valence-corrected chi connectivity index (χ3v) is 4.07. The lowest BCUT2D eigenvalue weighted by molar-refractivity contribution is -0.0804. The molecule has 0 unspecified atom stereocenters. The number of carbonyl (C=O) groups is 1. The topological polar surface area (TPSA) is 102 Å². The SMILES string of the molecule is O=C1N[C@@H]2[C@@H](O)[C@@H]([C@H](O)CO)O[C@@H]2N1c1ccccc1Cl. The average Bonchev–Trinajstić information content (AvgIpc) is 2.95. The molecule has 2 aliphatic heterocycles. The maximum absolute atomic E-state index is 12.1. The van der Waals surface area contributed by atoms with E-state index in [-0.39, 0.29) is 0 Å². The Morgan fingerprint density at radius 3 is 2.81 bits per heavy atom. The maximum Gasteiger partial charge on any atom is 0.324 e. The predicted octanol–water partition coefficient (Wildman–Crippen LogP) is -0.323. The van der Waals surface area contributed by atoms with Gasteiger partial charge in [-0.1, -0.05) is 23.7 Å². The summed E-state index contributed by atoms with van der Waals surface area (Å²) < 4.78 is 5.57. The van der Waals surface area contributed by atoms with Crippen molar-refractivity contribution in [3.63, 3.8) is 0 Å². The van der Waals surface area contributed by atoms with E-state index >= 15 is 0 Å². The van der Waals surface area contributed by atoms with Crippen LogP contribution in [-0.4, -0.2) is 58.5 Å². The van der Waals surface area contributed by atoms with E-state index in [0.29, 0.717) is 10.7 Å². The van der Waals surface area contributed by atoms with Crippen LogP contribution in [0.15, 0.2) is 24.3 Å². The molecule has 3 rings (SSSR count). The van der Waals surface area contributed by atoms with Crippen LogP contribution in [0, 0.1) is 0 Å². The summed E-state index contributed by atoms with van der Waals surface area (Å²) in [5.74, 6) is 0. The van der Waals surface area contributed by atoms with Crippen LogP contribution in [0.4, 0.5) is 10.5 Å². The third-order valence-electron chi connectivity index (χ3n) is 3.75. The minimum Gasteiger partial charge on any atom is -0.394 e. The highest BCUT2D eigenvalue weighted by Crippen LogP contribution is 2.36. The molecule has 1 aromatic rings. The first kappa shape index (κ1) is 14.6. The minimum atomic E-state index is -1.23. The number of halogens is 1. The molecule has 4 N–H and O–H groups in total. The summed E-state index contributed by atoms with van der Waals surface area (Å²) in [4.78, 5) is 13.4. The first-order chi connectivity index (χ1) is 10.0. The number of hydrogen-bond acceptors (Lipinski definition) is 5. The molecule has 0 aliphatic carbocycles. The lowest BCUT2D eigenvalue weighted by Gasteiger charge is -2.25. The fourth-order valence-electron chi connectivity index (χ4n) is 2.72. The van der Waals surface area contributed by atoms with Gasteiger partial charge >= 0.3 is 6.03 Å². The molecule has 2 aliphatic rings. The first-order valence-corrected chi connectivity index (χ1v) is 6.89. The number of benzene rings is 1. The zero-order valence-corrected chi connectivity index (χ0v) is 11.6. The van der Waals surface area contributed by atoms with Gasteiger partial charge < -0.3 is 25.4 Å². The number of amides is 2. The van der Waals surface area contributed by atoms with Crippen LogP contribution < -0.4 is 10.2 Å². The maximum atomic E-state index is 12.1. The van der Waals surface area contributed by atoms with Gasteiger partial charge in [-0.2, -0.15) is 0 Å². The number of rotatable bonds is 3. The van der Waals surface area contributed by atoms with E-state index < -0.39 is 43.2 Å². The summed E-state index contributed by atoms with van der Waals surface area (Å²) in [5, 5.41) is 31.8. The average molecular weight is 315 g/mol. The Morgan fingerprint density at radius 2 is 2.14 bits per heavy atom. The fraction of sp³-hybridized carbons (Fsp3) is 0.462. The number of aliphatic hydroxyl groups excluding tert-OH is 3. The molecule has 2 fully saturated rings. The highest BCUT2D eigenvalue weighted by molar-refractivity contribution is 6.33. The van der Waals surface area contributed by atoms with Crippen LogP contribution in [0.25, 0.3) is 0 Å². The largest absolute Gasteiger partial charge is 0.394 e. The second-order valence-electron chi connectivity index (χ2n) is 5.03. The quantitative estimate of drug-likeness (QED) is 0.612. The predicted molar refractivity (Wildman–Crippen MR) is 74.0 cm³/mol. The number of carbonyl (C=O) groups excluding carboxylic acids is 1. The molecule has 114 valence electrons. The molecule has 5 atom stereocenters. The number of anilines is 1. The van der Waals surface area contributed by atoms with Crippen LogP contribution in [0.1, 0.15) is 0 Å². The van der Waals surface area contributed by atoms with E-state index in [9.17, 15) is 15.0 Å². The highest BCUT2D eigenvalue weighted by atomic mass is 35.5. The summed E-state index contributed by atoms with van der Waals surface area (Å²) in [6.45, 7) is -0.540. The van der Waals surface area contributed by atoms with Gasteiger partial charge in [0.05, 0.1) is 17.3 Å². The van der Waals surface area contributed by atoms with Crippen molar-refractivity contribution in [2.45, 2.75) is 30.6 Å². The number of aliphatic hydroxyl groups is 3. The van der Waals surface area contributed by atoms with Gasteiger partial charge in [0.25, 0.3) is 0 Å². The van der Waals surface area contributed by atoms with Crippen LogP contribution in [0.3, 0.4) is 0 Å². The molecule has 2 saturated heterocycles. The standard InChI is InChI=1S/C13H15ClN2O5/c14-6-3-1-2-4-7(6)16-12-9(15-13(16)20)10(19)11(21-12)8(18)5-17/h1-4,8-12,17-19H,5H2,(H,15,20)/t8-,9-,10-,11-,12+/m1/s1. The number of fused-ring (bicyclic) bond motifs is 1. The molecule has 0 radical (unpaired) electrons. The Hall–Kier alpha value is -1.38. The van der Waals surface area contributed by atoms with Crippen molar-refractivity contribution in [3.05, 3.63) is 29.3 Å². The van der Waals surface area contributed by atoms with E-state index in [0.717, 1.165) is 0 Å². The zero-order valence-electron chi connectivity index (χ0n) is 10.9. The summed E-state index contributed by atoms with van der Waals surface area (Å²) >= 11 is 6.09. The third kappa shape index (κ3) is 2.27. The molecule has 0 saturated carbocycles. The molecule has 2 amide bonds. The van der Waals surface area contributed by atoms with Crippen molar-refractivity contribution >= 4 is 23.3 Å². The Kier molecular flexibility index (Phi) is 3.76. The Balaban J connectivity index is 1.91. The Labute approximate surface area is 125 Å². The number of nitrogens with one attached hydrogen (secondary N) is 1. The van der Waals surface area contributed by atoms with Crippen LogP contribution >= 0.6 is 11.6 Å². The normalized spacial score (nSPS) is 33.0. The smallest absolute Gasteiger partial charge is 0.324 e. The van der Waals surface area contributed by atoms with E-state index in [1.54, 1.807) is 24.3 Å². The second kappa shape index (κ2) is 5.43. The van der Waals surface area contributed by atoms with Crippen LogP contribution in [0.5, 0.6) is 0 Å².